The molecule has 0 aliphatic carbocycles. The molecule has 1 heterocycles. The first-order chi connectivity index (χ1) is 11.0. The lowest BCUT2D eigenvalue weighted by atomic mass is 10.3. The summed E-state index contributed by atoms with van der Waals surface area (Å²) >= 11 is 1.62. The maximum absolute atomic E-state index is 5.85. The Morgan fingerprint density at radius 2 is 1.65 bits per heavy atom. The fourth-order valence-corrected chi connectivity index (χ4v) is 5.51. The zero-order valence-electron chi connectivity index (χ0n) is 14.9. The van der Waals surface area contributed by atoms with Crippen LogP contribution in [0.3, 0.4) is 0 Å². The lowest BCUT2D eigenvalue weighted by Crippen LogP contribution is -2.45. The van der Waals surface area contributed by atoms with Gasteiger partial charge >= 0.3 is 8.80 Å². The molecule has 1 rings (SSSR count). The van der Waals surface area contributed by atoms with E-state index in [1.165, 1.54) is 0 Å². The summed E-state index contributed by atoms with van der Waals surface area (Å²) in [5, 5.41) is 13.7. The Kier molecular flexibility index (Phi) is 9.96. The number of tetrazole rings is 1. The molecule has 0 saturated carbocycles. The zero-order chi connectivity index (χ0) is 17.1. The number of hydrogen-bond donors (Lipinski definition) is 0. The molecule has 134 valence electrons. The Hall–Kier alpha value is -0.483. The van der Waals surface area contributed by atoms with Crippen LogP contribution in [-0.2, 0) is 19.8 Å². The van der Waals surface area contributed by atoms with Crippen molar-refractivity contribution in [3.05, 3.63) is 0 Å². The molecule has 0 amide bonds. The number of nitrogens with zero attached hydrogens (tertiary/aromatic N) is 4. The van der Waals surface area contributed by atoms with Crippen LogP contribution in [0.1, 0.15) is 47.5 Å². The van der Waals surface area contributed by atoms with E-state index in [1.54, 1.807) is 16.6 Å². The Labute approximate surface area is 144 Å². The molecule has 0 atom stereocenters. The normalized spacial score (nSPS) is 12.3. The molecular formula is C14H30N4O3SSi. The van der Waals surface area contributed by atoms with Gasteiger partial charge in [0.05, 0.1) is 6.54 Å². The van der Waals surface area contributed by atoms with Crippen LogP contribution < -0.4 is 0 Å². The first-order valence-corrected chi connectivity index (χ1v) is 11.2. The van der Waals surface area contributed by atoms with E-state index in [2.05, 4.69) is 29.3 Å². The van der Waals surface area contributed by atoms with Gasteiger partial charge in [-0.1, -0.05) is 25.6 Å². The largest absolute Gasteiger partial charge is 0.500 e. The van der Waals surface area contributed by atoms with E-state index in [4.69, 9.17) is 13.3 Å². The molecule has 9 heteroatoms. The summed E-state index contributed by atoms with van der Waals surface area (Å²) in [7, 11) is -2.52. The molecule has 0 N–H and O–H groups in total. The monoisotopic (exact) mass is 362 g/mol. The van der Waals surface area contributed by atoms with Crippen molar-refractivity contribution in [1.82, 2.24) is 20.2 Å². The van der Waals surface area contributed by atoms with Crippen LogP contribution in [0.4, 0.5) is 0 Å². The van der Waals surface area contributed by atoms with Crippen molar-refractivity contribution in [3.8, 4) is 0 Å². The number of aromatic nitrogens is 4. The lowest BCUT2D eigenvalue weighted by Gasteiger charge is -2.28. The van der Waals surface area contributed by atoms with Crippen molar-refractivity contribution in [2.75, 3.05) is 19.8 Å². The Bertz CT molecular complexity index is 417. The molecule has 0 saturated heterocycles. The highest BCUT2D eigenvalue weighted by atomic mass is 32.2. The third-order valence-corrected chi connectivity index (χ3v) is 6.96. The van der Waals surface area contributed by atoms with Crippen LogP contribution >= 0.6 is 11.8 Å². The summed E-state index contributed by atoms with van der Waals surface area (Å²) < 4.78 is 17.6. The van der Waals surface area contributed by atoms with Crippen molar-refractivity contribution in [1.29, 1.82) is 0 Å². The van der Waals surface area contributed by atoms with Crippen molar-refractivity contribution >= 4 is 20.6 Å². The molecule has 0 bridgehead atoms. The first-order valence-electron chi connectivity index (χ1n) is 8.41. The average molecular weight is 363 g/mol. The second kappa shape index (κ2) is 11.1. The summed E-state index contributed by atoms with van der Waals surface area (Å²) in [6, 6.07) is 0.824. The quantitative estimate of drug-likeness (QED) is 0.303. The van der Waals surface area contributed by atoms with Gasteiger partial charge in [0.15, 0.2) is 0 Å². The van der Waals surface area contributed by atoms with E-state index in [1.807, 2.05) is 20.8 Å². The molecular weight excluding hydrogens is 332 g/mol. The Morgan fingerprint density at radius 1 is 1.04 bits per heavy atom. The minimum Gasteiger partial charge on any atom is -0.374 e. The predicted octanol–water partition coefficient (Wildman–Crippen LogP) is 3.00. The zero-order valence-corrected chi connectivity index (χ0v) is 16.8. The van der Waals surface area contributed by atoms with Crippen molar-refractivity contribution in [2.24, 2.45) is 0 Å². The van der Waals surface area contributed by atoms with Crippen LogP contribution in [0, 0.1) is 0 Å². The van der Waals surface area contributed by atoms with E-state index in [0.717, 1.165) is 30.6 Å². The van der Waals surface area contributed by atoms with Gasteiger partial charge in [0, 0.05) is 31.1 Å². The van der Waals surface area contributed by atoms with Gasteiger partial charge in [-0.3, -0.25) is 0 Å². The first kappa shape index (κ1) is 20.6. The third kappa shape index (κ3) is 7.75. The van der Waals surface area contributed by atoms with E-state index in [-0.39, 0.29) is 0 Å². The summed E-state index contributed by atoms with van der Waals surface area (Å²) in [4.78, 5) is 1.66. The molecule has 1 aromatic heterocycles. The molecule has 7 nitrogen and oxygen atoms in total. The van der Waals surface area contributed by atoms with Gasteiger partial charge in [0.1, 0.15) is 0 Å². The molecule has 0 aliphatic rings. The molecule has 0 unspecified atom stereocenters. The molecule has 1 aromatic rings. The lowest BCUT2D eigenvalue weighted by molar-refractivity contribution is 0.0705. The Morgan fingerprint density at radius 3 is 2.17 bits per heavy atom. The fourth-order valence-electron chi connectivity index (χ4n) is 2.18. The Balaban J connectivity index is 2.42. The van der Waals surface area contributed by atoms with Gasteiger partial charge in [0.2, 0.25) is 5.16 Å². The minimum absolute atomic E-state index is 0.461. The van der Waals surface area contributed by atoms with Gasteiger partial charge in [-0.05, 0) is 38.8 Å². The molecule has 23 heavy (non-hydrogen) atoms. The highest BCUT2D eigenvalue weighted by Gasteiger charge is 2.39. The van der Waals surface area contributed by atoms with Gasteiger partial charge < -0.3 is 13.3 Å². The molecule has 0 aliphatic heterocycles. The molecule has 0 spiro atoms. The van der Waals surface area contributed by atoms with E-state index in [0.29, 0.717) is 25.1 Å². The van der Waals surface area contributed by atoms with E-state index >= 15 is 0 Å². The van der Waals surface area contributed by atoms with Gasteiger partial charge in [-0.2, -0.15) is 4.80 Å². The summed E-state index contributed by atoms with van der Waals surface area (Å²) in [5.74, 6) is 0. The number of hydrogen-bond acceptors (Lipinski definition) is 7. The molecule has 0 aromatic carbocycles. The highest BCUT2D eigenvalue weighted by Crippen LogP contribution is 2.20. The summed E-state index contributed by atoms with van der Waals surface area (Å²) in [6.07, 6.45) is 1.91. The van der Waals surface area contributed by atoms with Crippen LogP contribution in [0.15, 0.2) is 5.16 Å². The minimum atomic E-state index is -2.52. The predicted molar refractivity (Wildman–Crippen MR) is 93.5 cm³/mol. The van der Waals surface area contributed by atoms with Crippen LogP contribution in [0.5, 0.6) is 0 Å². The van der Waals surface area contributed by atoms with Crippen LogP contribution in [-0.4, -0.2) is 54.1 Å². The second-order valence-electron chi connectivity index (χ2n) is 5.27. The van der Waals surface area contributed by atoms with E-state index < -0.39 is 8.80 Å². The summed E-state index contributed by atoms with van der Waals surface area (Å²) in [6.45, 7) is 12.8. The number of rotatable bonds is 13. The third-order valence-electron chi connectivity index (χ3n) is 2.96. The van der Waals surface area contributed by atoms with Crippen molar-refractivity contribution in [3.63, 3.8) is 0 Å². The molecule has 0 radical (unpaired) electrons. The average Bonchev–Trinajstić information content (AvgIpc) is 2.91. The van der Waals surface area contributed by atoms with Crippen LogP contribution in [0.25, 0.3) is 0 Å². The maximum Gasteiger partial charge on any atom is 0.500 e. The van der Waals surface area contributed by atoms with Crippen molar-refractivity contribution in [2.45, 2.75) is 70.5 Å². The molecule has 0 fully saturated rings. The second-order valence-corrected chi connectivity index (χ2v) is 9.55. The standard InChI is InChI=1S/C14H30N4O3SSi/c1-6-19-23(20-7-2,21-8-3)12-10-9-11-18-16-14(15-17-18)22-13(4)5/h13H,6-12H2,1-5H3. The van der Waals surface area contributed by atoms with Gasteiger partial charge in [-0.25, -0.2) is 0 Å². The summed E-state index contributed by atoms with van der Waals surface area (Å²) in [5.41, 5.74) is 0. The van der Waals surface area contributed by atoms with Gasteiger partial charge in [-0.15, -0.1) is 10.2 Å². The fraction of sp³-hybridized carbons (Fsp3) is 0.929. The van der Waals surface area contributed by atoms with Gasteiger partial charge in [0.25, 0.3) is 0 Å². The maximum atomic E-state index is 5.85. The number of unbranched alkanes of at least 4 members (excludes halogenated alkanes) is 1. The SMILES string of the molecule is CCO[Si](CCCCn1nnc(SC(C)C)n1)(OCC)OCC. The number of aryl methyl sites for hydroxylation is 1. The smallest absolute Gasteiger partial charge is 0.374 e. The highest BCUT2D eigenvalue weighted by molar-refractivity contribution is 7.99. The number of thioether (sulfide) groups is 1. The van der Waals surface area contributed by atoms with Crippen molar-refractivity contribution < 1.29 is 13.3 Å². The topological polar surface area (TPSA) is 71.3 Å². The van der Waals surface area contributed by atoms with Crippen LogP contribution in [0.2, 0.25) is 6.04 Å². The van der Waals surface area contributed by atoms with E-state index in [9.17, 15) is 0 Å².